The highest BCUT2D eigenvalue weighted by molar-refractivity contribution is 5.85. The predicted octanol–water partition coefficient (Wildman–Crippen LogP) is 2.17. The van der Waals surface area contributed by atoms with E-state index in [0.717, 1.165) is 6.54 Å². The summed E-state index contributed by atoms with van der Waals surface area (Å²) in [7, 11) is 0. The zero-order valence-corrected chi connectivity index (χ0v) is 10.2. The van der Waals surface area contributed by atoms with Gasteiger partial charge in [0.05, 0.1) is 0 Å². The lowest BCUT2D eigenvalue weighted by Gasteiger charge is -2.56. The van der Waals surface area contributed by atoms with Crippen LogP contribution < -0.4 is 5.32 Å². The molecule has 1 unspecified atom stereocenters. The van der Waals surface area contributed by atoms with Crippen molar-refractivity contribution in [2.75, 3.05) is 11.9 Å². The molecule has 0 saturated heterocycles. The van der Waals surface area contributed by atoms with Gasteiger partial charge in [0.2, 0.25) is 5.95 Å². The molecule has 0 bridgehead atoms. The standard InChI is InChI=1S/C13H17N3O2/c17-11(18)10-3-7-14-12(16-10)15-8-9-2-6-13(9)4-1-5-13/h3,7,9H,1-2,4-6,8H2,(H,17,18)(H,14,15,16). The number of nitrogens with one attached hydrogen (secondary N) is 1. The number of hydrogen-bond acceptors (Lipinski definition) is 4. The van der Waals surface area contributed by atoms with Crippen molar-refractivity contribution in [3.05, 3.63) is 18.0 Å². The lowest BCUT2D eigenvalue weighted by molar-refractivity contribution is -0.0408. The molecule has 1 spiro atoms. The first-order chi connectivity index (χ1) is 8.70. The molecule has 3 rings (SSSR count). The van der Waals surface area contributed by atoms with Crippen LogP contribution in [0, 0.1) is 11.3 Å². The summed E-state index contributed by atoms with van der Waals surface area (Å²) < 4.78 is 0. The highest BCUT2D eigenvalue weighted by Crippen LogP contribution is 2.59. The number of aromatic carboxylic acids is 1. The summed E-state index contributed by atoms with van der Waals surface area (Å²) in [6.07, 6.45) is 8.19. The summed E-state index contributed by atoms with van der Waals surface area (Å²) in [4.78, 5) is 18.8. The maximum atomic E-state index is 10.8. The normalized spacial score (nSPS) is 24.1. The van der Waals surface area contributed by atoms with Gasteiger partial charge in [-0.3, -0.25) is 0 Å². The van der Waals surface area contributed by atoms with Gasteiger partial charge >= 0.3 is 5.97 Å². The molecule has 1 heterocycles. The molecular weight excluding hydrogens is 230 g/mol. The van der Waals surface area contributed by atoms with Crippen LogP contribution in [0.5, 0.6) is 0 Å². The van der Waals surface area contributed by atoms with E-state index in [2.05, 4.69) is 15.3 Å². The van der Waals surface area contributed by atoms with Crippen LogP contribution in [0.4, 0.5) is 5.95 Å². The summed E-state index contributed by atoms with van der Waals surface area (Å²) in [5.41, 5.74) is 0.636. The number of anilines is 1. The second-order valence-electron chi connectivity index (χ2n) is 5.40. The van der Waals surface area contributed by atoms with E-state index in [1.54, 1.807) is 0 Å². The minimum absolute atomic E-state index is 0.0412. The molecule has 0 aliphatic heterocycles. The Kier molecular flexibility index (Phi) is 2.69. The Bertz CT molecular complexity index is 466. The molecule has 0 amide bonds. The zero-order chi connectivity index (χ0) is 12.6. The maximum Gasteiger partial charge on any atom is 0.354 e. The number of rotatable bonds is 4. The van der Waals surface area contributed by atoms with Crippen LogP contribution in [0.25, 0.3) is 0 Å². The van der Waals surface area contributed by atoms with Gasteiger partial charge in [-0.2, -0.15) is 0 Å². The van der Waals surface area contributed by atoms with Crippen LogP contribution in [-0.2, 0) is 0 Å². The number of carboxylic acid groups (broad SMARTS) is 1. The molecule has 1 atom stereocenters. The van der Waals surface area contributed by atoms with Crippen LogP contribution in [0.2, 0.25) is 0 Å². The molecular formula is C13H17N3O2. The summed E-state index contributed by atoms with van der Waals surface area (Å²) in [6, 6.07) is 1.41. The Morgan fingerprint density at radius 1 is 1.50 bits per heavy atom. The minimum atomic E-state index is -1.01. The average molecular weight is 247 g/mol. The van der Waals surface area contributed by atoms with Crippen molar-refractivity contribution in [3.63, 3.8) is 0 Å². The second kappa shape index (κ2) is 4.23. The first-order valence-electron chi connectivity index (χ1n) is 6.50. The lowest BCUT2D eigenvalue weighted by Crippen LogP contribution is -2.48. The van der Waals surface area contributed by atoms with Gasteiger partial charge in [-0.25, -0.2) is 14.8 Å². The first-order valence-corrected chi connectivity index (χ1v) is 6.50. The highest BCUT2D eigenvalue weighted by Gasteiger charge is 2.50. The number of nitrogens with zero attached hydrogens (tertiary/aromatic N) is 2. The summed E-state index contributed by atoms with van der Waals surface area (Å²) in [5, 5.41) is 12.0. The fourth-order valence-electron chi connectivity index (χ4n) is 3.14. The van der Waals surface area contributed by atoms with Crippen molar-refractivity contribution < 1.29 is 9.90 Å². The first kappa shape index (κ1) is 11.4. The molecule has 18 heavy (non-hydrogen) atoms. The van der Waals surface area contributed by atoms with Gasteiger partial charge < -0.3 is 10.4 Å². The van der Waals surface area contributed by atoms with Gasteiger partial charge in [0.1, 0.15) is 0 Å². The Balaban J connectivity index is 1.60. The molecule has 5 heteroatoms. The van der Waals surface area contributed by atoms with Crippen molar-refractivity contribution >= 4 is 11.9 Å². The lowest BCUT2D eigenvalue weighted by atomic mass is 9.50. The van der Waals surface area contributed by atoms with E-state index in [0.29, 0.717) is 17.3 Å². The SMILES string of the molecule is O=C(O)c1ccnc(NCC2CCC23CCC3)n1. The van der Waals surface area contributed by atoms with E-state index in [1.165, 1.54) is 44.4 Å². The van der Waals surface area contributed by atoms with Crippen molar-refractivity contribution in [2.45, 2.75) is 32.1 Å². The molecule has 1 aromatic heterocycles. The summed E-state index contributed by atoms with van der Waals surface area (Å²) in [5.74, 6) is 0.124. The molecule has 0 radical (unpaired) electrons. The summed E-state index contributed by atoms with van der Waals surface area (Å²) in [6.45, 7) is 0.864. The smallest absolute Gasteiger partial charge is 0.354 e. The van der Waals surface area contributed by atoms with Gasteiger partial charge in [0, 0.05) is 12.7 Å². The van der Waals surface area contributed by atoms with E-state index in [4.69, 9.17) is 5.11 Å². The van der Waals surface area contributed by atoms with Crippen molar-refractivity contribution in [3.8, 4) is 0 Å². The topological polar surface area (TPSA) is 75.1 Å². The fourth-order valence-corrected chi connectivity index (χ4v) is 3.14. The molecule has 2 aliphatic carbocycles. The van der Waals surface area contributed by atoms with Gasteiger partial charge in [-0.15, -0.1) is 0 Å². The Hall–Kier alpha value is -1.65. The van der Waals surface area contributed by atoms with Crippen molar-refractivity contribution in [1.29, 1.82) is 0 Å². The Morgan fingerprint density at radius 3 is 2.89 bits per heavy atom. The van der Waals surface area contributed by atoms with Crippen LogP contribution in [0.15, 0.2) is 12.3 Å². The third-order valence-corrected chi connectivity index (χ3v) is 4.59. The number of carbonyl (C=O) groups is 1. The Labute approximate surface area is 106 Å². The van der Waals surface area contributed by atoms with Gasteiger partial charge in [0.15, 0.2) is 5.69 Å². The van der Waals surface area contributed by atoms with E-state index in [1.807, 2.05) is 0 Å². The predicted molar refractivity (Wildman–Crippen MR) is 66.5 cm³/mol. The van der Waals surface area contributed by atoms with E-state index < -0.39 is 5.97 Å². The van der Waals surface area contributed by atoms with Crippen LogP contribution >= 0.6 is 0 Å². The third kappa shape index (κ3) is 1.83. The molecule has 96 valence electrons. The molecule has 0 aromatic carbocycles. The van der Waals surface area contributed by atoms with Gasteiger partial charge in [-0.1, -0.05) is 6.42 Å². The van der Waals surface area contributed by atoms with Crippen molar-refractivity contribution in [2.24, 2.45) is 11.3 Å². The van der Waals surface area contributed by atoms with E-state index in [9.17, 15) is 4.79 Å². The monoisotopic (exact) mass is 247 g/mol. The zero-order valence-electron chi connectivity index (χ0n) is 10.2. The number of hydrogen-bond donors (Lipinski definition) is 2. The molecule has 2 N–H and O–H groups in total. The number of carboxylic acids is 1. The maximum absolute atomic E-state index is 10.8. The van der Waals surface area contributed by atoms with Gasteiger partial charge in [0.25, 0.3) is 0 Å². The molecule has 2 fully saturated rings. The highest BCUT2D eigenvalue weighted by atomic mass is 16.4. The minimum Gasteiger partial charge on any atom is -0.477 e. The molecule has 5 nitrogen and oxygen atoms in total. The summed E-state index contributed by atoms with van der Waals surface area (Å²) >= 11 is 0. The second-order valence-corrected chi connectivity index (χ2v) is 5.40. The number of aromatic nitrogens is 2. The van der Waals surface area contributed by atoms with Gasteiger partial charge in [-0.05, 0) is 43.1 Å². The molecule has 2 aliphatic rings. The largest absolute Gasteiger partial charge is 0.477 e. The average Bonchev–Trinajstić information content (AvgIpc) is 2.26. The quantitative estimate of drug-likeness (QED) is 0.852. The molecule has 1 aromatic rings. The third-order valence-electron chi connectivity index (χ3n) is 4.59. The van der Waals surface area contributed by atoms with Crippen LogP contribution in [0.1, 0.15) is 42.6 Å². The van der Waals surface area contributed by atoms with Crippen molar-refractivity contribution in [1.82, 2.24) is 9.97 Å². The van der Waals surface area contributed by atoms with Crippen LogP contribution in [0.3, 0.4) is 0 Å². The van der Waals surface area contributed by atoms with Crippen LogP contribution in [-0.4, -0.2) is 27.6 Å². The fraction of sp³-hybridized carbons (Fsp3) is 0.615. The Morgan fingerprint density at radius 2 is 2.33 bits per heavy atom. The molecule has 2 saturated carbocycles. The van der Waals surface area contributed by atoms with E-state index in [-0.39, 0.29) is 5.69 Å². The van der Waals surface area contributed by atoms with E-state index >= 15 is 0 Å².